The molecule has 90 heavy (non-hydrogen) atoms. The van der Waals surface area contributed by atoms with Gasteiger partial charge in [-0.2, -0.15) is 0 Å². The Kier molecular flexibility index (Phi) is 31.5. The normalized spacial score (nSPS) is 23.0. The van der Waals surface area contributed by atoms with Gasteiger partial charge in [0.2, 0.25) is 23.6 Å². The second-order valence-corrected chi connectivity index (χ2v) is 25.3. The summed E-state index contributed by atoms with van der Waals surface area (Å²) < 4.78 is 29.2. The quantitative estimate of drug-likeness (QED) is 0.212. The third-order valence-electron chi connectivity index (χ3n) is 16.1. The molecule has 4 aliphatic rings. The van der Waals surface area contributed by atoms with Crippen molar-refractivity contribution in [2.24, 2.45) is 34.5 Å². The average Bonchev–Trinajstić information content (AvgIpc) is 1.98. The molecule has 8 rings (SSSR count). The number of ether oxygens (including phenoxy) is 5. The number of carboxylic acids is 1. The van der Waals surface area contributed by atoms with Gasteiger partial charge in [0.05, 0.1) is 46.6 Å². The molecule has 2 N–H and O–H groups in total. The smallest absolute Gasteiger partial charge is 0.870 e. The number of esters is 1. The molecule has 449 valence electrons. The Morgan fingerprint density at radius 3 is 1.38 bits per heavy atom. The number of aromatic nitrogens is 2. The number of aryl methyl sites for hydroxylation is 2. The summed E-state index contributed by atoms with van der Waals surface area (Å²) in [5.74, 6) is -3.42. The van der Waals surface area contributed by atoms with Gasteiger partial charge >= 0.3 is 30.8 Å². The Balaban J connectivity index is 0.000000385. The van der Waals surface area contributed by atoms with Crippen LogP contribution in [-0.4, -0.2) is 231 Å². The monoisotopic (exact) mass is 1200 g/mol. The number of pyridine rings is 2. The number of fused-ring (bicyclic) bond motifs is 6. The maximum Gasteiger partial charge on any atom is 1.00 e. The number of methoxy groups -OCH3 is 1. The predicted molar refractivity (Wildman–Crippen MR) is 362 cm³/mol. The Morgan fingerprint density at radius 2 is 1.04 bits per heavy atom. The van der Waals surface area contributed by atoms with Crippen molar-refractivity contribution in [3.8, 4) is 11.8 Å². The van der Waals surface area contributed by atoms with E-state index in [1.54, 1.807) is 19.3 Å². The summed E-state index contributed by atoms with van der Waals surface area (Å²) in [6.07, 6.45) is 8.62. The van der Waals surface area contributed by atoms with E-state index in [1.165, 1.54) is 24.0 Å². The van der Waals surface area contributed by atoms with Crippen molar-refractivity contribution in [2.75, 3.05) is 46.6 Å². The summed E-state index contributed by atoms with van der Waals surface area (Å²) >= 11 is 0. The van der Waals surface area contributed by atoms with Gasteiger partial charge in [-0.05, 0) is 82.0 Å². The van der Waals surface area contributed by atoms with Crippen LogP contribution in [0.2, 0.25) is 0 Å². The molecule has 4 aromatic rings. The van der Waals surface area contributed by atoms with Crippen LogP contribution in [0.4, 0.5) is 0 Å². The Labute approximate surface area is 557 Å². The molecule has 2 saturated heterocycles. The molecule has 0 aliphatic carbocycles. The summed E-state index contributed by atoms with van der Waals surface area (Å²) in [7, 11) is 42.8. The number of carbonyl (C=O) groups is 6. The van der Waals surface area contributed by atoms with Crippen molar-refractivity contribution in [1.82, 2.24) is 19.8 Å². The van der Waals surface area contributed by atoms with Crippen molar-refractivity contribution in [2.45, 2.75) is 119 Å². The Bertz CT molecular complexity index is 3150. The van der Waals surface area contributed by atoms with E-state index < -0.39 is 78.1 Å². The molecule has 2 fully saturated rings. The van der Waals surface area contributed by atoms with Crippen LogP contribution < -0.4 is 28.3 Å². The SMILES string of the molecule is COC(=O)[C@@H]1C[C@@H]2CN1C(=O)[C@H](C(C)(C)C)CC(=O)[C@@H](C)COC/C=C/c1cc3c(nccc3cc1C)O2.Cc1cc2ccnc3c2cc1/C=C/COC[C@H](C)C(=O)C[C@@H](C(C)(C)C)C(=O)N1C[C@@H](C[C@H]1C(=O)O)O3.[B]B([B])B([B])[B].[B][B]B([B])B([B])[B].[Li+].[OH-]. The van der Waals surface area contributed by atoms with Crippen LogP contribution in [0.25, 0.3) is 33.7 Å². The van der Waals surface area contributed by atoms with E-state index in [4.69, 9.17) is 85.6 Å². The number of carboxylic acid groups (broad SMARTS) is 1. The van der Waals surface area contributed by atoms with Gasteiger partial charge in [-0.15, -0.1) is 0 Å². The molecule has 17 radical (unpaired) electrons. The van der Waals surface area contributed by atoms with E-state index in [9.17, 15) is 33.9 Å². The van der Waals surface area contributed by atoms with Crippen LogP contribution >= 0.6 is 0 Å². The van der Waals surface area contributed by atoms with Crippen molar-refractivity contribution < 1.29 is 81.9 Å². The zero-order valence-corrected chi connectivity index (χ0v) is 54.3. The molecule has 8 atom stereocenters. The third kappa shape index (κ3) is 22.0. The van der Waals surface area contributed by atoms with Gasteiger partial charge in [0.1, 0.15) is 35.9 Å². The average molecular weight is 1200 g/mol. The molecule has 0 spiro atoms. The van der Waals surface area contributed by atoms with E-state index in [0.717, 1.165) is 43.8 Å². The summed E-state index contributed by atoms with van der Waals surface area (Å²) in [4.78, 5) is 90.8. The standard InChI is InChI=1S/C30H38N2O6.C29H36N2O6.B7.B6.Li.H2O/c1-18-12-21-9-10-31-27-23(21)13-20(18)8-7-11-37-17-19(2)26(33)15-24(30(3,4)5)28(34)32-16-22(38-27)14-25(32)29(35)36-6;1-17-11-20-8-9-30-26-22(20)12-19(17)7-6-10-36-16-18(2)25(32)14-23(29(3,4)5)27(33)31-15-21(37-26)13-24(31)28(34)35;1-5-7(4)6(2)3;1-5(2)6(3)4;;/h7-10,12-13,19,22,24-25H,11,14-17H2,1-6H3;6-9,11-12,18,21,23-24H,10,13-16H2,1-5H3,(H,34,35);;;;1H2/q;;;;+1;/p-1/b8-7+;7-6+;;;;/t19-,22+,24+,25-;18-,21+,23+,24-;;;;/m00..../s1. The van der Waals surface area contributed by atoms with E-state index in [-0.39, 0.29) is 118 Å². The fourth-order valence-corrected chi connectivity index (χ4v) is 10.4. The van der Waals surface area contributed by atoms with E-state index >= 15 is 0 Å². The van der Waals surface area contributed by atoms with Gasteiger partial charge in [-0.3, -0.25) is 19.2 Å². The fourth-order valence-electron chi connectivity index (χ4n) is 10.4. The molecule has 2 aromatic heterocycles. The van der Waals surface area contributed by atoms with Crippen LogP contribution in [0.3, 0.4) is 0 Å². The summed E-state index contributed by atoms with van der Waals surface area (Å²) in [5, 5.41) is 13.6. The largest absolute Gasteiger partial charge is 1.00 e. The molecule has 0 unspecified atom stereocenters. The van der Waals surface area contributed by atoms with E-state index in [0.29, 0.717) is 25.0 Å². The summed E-state index contributed by atoms with van der Waals surface area (Å²) in [6.45, 7) is 20.8. The molecule has 17 nitrogen and oxygen atoms in total. The van der Waals surface area contributed by atoms with Crippen molar-refractivity contribution >= 4 is 164 Å². The number of carbonyl (C=O) groups excluding carboxylic acids is 5. The Morgan fingerprint density at radius 1 is 0.656 bits per heavy atom. The second-order valence-electron chi connectivity index (χ2n) is 25.3. The fraction of sp³-hybridized carbons (Fsp3) is 0.525. The number of hydrogen-bond acceptors (Lipinski definition) is 14. The molecule has 31 heteroatoms. The first-order valence-corrected chi connectivity index (χ1v) is 29.7. The number of amides is 2. The molecular weight excluding hydrogens is 1120 g/mol. The minimum atomic E-state index is -1.08. The number of hydrogen-bond donors (Lipinski definition) is 1. The zero-order valence-electron chi connectivity index (χ0n) is 54.3. The van der Waals surface area contributed by atoms with Gasteiger partial charge < -0.3 is 44.1 Å². The predicted octanol–water partition coefficient (Wildman–Crippen LogP) is 0.519. The van der Waals surface area contributed by atoms with Gasteiger partial charge in [-0.25, -0.2) is 19.6 Å². The molecule has 0 saturated carbocycles. The number of ketones is 2. The van der Waals surface area contributed by atoms with Crippen LogP contribution in [0, 0.1) is 48.3 Å². The minimum Gasteiger partial charge on any atom is -0.870 e. The number of aliphatic carboxylic acids is 1. The molecule has 4 aliphatic heterocycles. The van der Waals surface area contributed by atoms with E-state index in [2.05, 4.69) is 22.1 Å². The third-order valence-corrected chi connectivity index (χ3v) is 16.1. The Hall–Kier alpha value is -5.12. The van der Waals surface area contributed by atoms with Crippen LogP contribution in [0.5, 0.6) is 11.8 Å². The molecule has 2 amide bonds. The van der Waals surface area contributed by atoms with E-state index in [1.807, 2.05) is 111 Å². The first-order valence-electron chi connectivity index (χ1n) is 29.7. The number of Topliss-reactive ketones (excluding diaryl/α,β-unsaturated/α-hetero) is 2. The topological polar surface area (TPSA) is 231 Å². The van der Waals surface area contributed by atoms with Crippen molar-refractivity contribution in [3.05, 3.63) is 83.2 Å². The molecule has 2 aromatic carbocycles. The minimum absolute atomic E-state index is 0. The summed E-state index contributed by atoms with van der Waals surface area (Å²) in [5.41, 5.74) is 3.13. The van der Waals surface area contributed by atoms with Crippen molar-refractivity contribution in [3.63, 3.8) is 0 Å². The van der Waals surface area contributed by atoms with Crippen molar-refractivity contribution in [1.29, 1.82) is 0 Å². The van der Waals surface area contributed by atoms with Crippen LogP contribution in [0.15, 0.2) is 60.9 Å². The number of rotatable bonds is 5. The zero-order chi connectivity index (χ0) is 65.5. The number of benzene rings is 2. The van der Waals surface area contributed by atoms with Gasteiger partial charge in [0.15, 0.2) is 0 Å². The molecule has 8 bridgehead atoms. The molecular formula is C59H75B13LiN4O13. The molecule has 6 heterocycles. The van der Waals surface area contributed by atoms with Crippen LogP contribution in [0.1, 0.15) is 103 Å². The van der Waals surface area contributed by atoms with Gasteiger partial charge in [-0.1, -0.05) is 91.8 Å². The van der Waals surface area contributed by atoms with Gasteiger partial charge in [0, 0.05) is 167 Å². The maximum absolute atomic E-state index is 14.0. The second kappa shape index (κ2) is 35.8. The summed E-state index contributed by atoms with van der Waals surface area (Å²) in [6, 6.07) is 10.2. The first-order chi connectivity index (χ1) is 41.3. The van der Waals surface area contributed by atoms with Gasteiger partial charge in [0.25, 0.3) is 0 Å². The van der Waals surface area contributed by atoms with Crippen LogP contribution in [-0.2, 0) is 43.0 Å². The number of nitrogens with zero attached hydrogens (tertiary/aromatic N) is 4. The maximum atomic E-state index is 14.0. The first kappa shape index (κ1) is 79.1.